The number of ether oxygens (including phenoxy) is 2. The normalized spacial score (nSPS) is 13.8. The zero-order chi connectivity index (χ0) is 26.3. The molecule has 1 aliphatic heterocycles. The molecule has 12 nitrogen and oxygen atoms in total. The summed E-state index contributed by atoms with van der Waals surface area (Å²) in [4.78, 5) is 29.5. The number of anilines is 2. The minimum absolute atomic E-state index is 0.0270. The number of benzene rings is 1. The molecule has 0 atom stereocenters. The summed E-state index contributed by atoms with van der Waals surface area (Å²) < 4.78 is 54.6. The highest BCUT2D eigenvalue weighted by atomic mass is 35.5. The second kappa shape index (κ2) is 9.53. The predicted octanol–water partition coefficient (Wildman–Crippen LogP) is 2.20. The van der Waals surface area contributed by atoms with E-state index in [2.05, 4.69) is 30.0 Å². The minimum atomic E-state index is -4.24. The number of aromatic nitrogens is 5. The van der Waals surface area contributed by atoms with E-state index < -0.39 is 21.4 Å². The Balaban J connectivity index is 1.53. The Morgan fingerprint density at radius 3 is 2.68 bits per heavy atom. The summed E-state index contributed by atoms with van der Waals surface area (Å²) in [7, 11) is -1.50. The van der Waals surface area contributed by atoms with Gasteiger partial charge in [-0.05, 0) is 24.3 Å². The van der Waals surface area contributed by atoms with Gasteiger partial charge < -0.3 is 14.8 Å². The fourth-order valence-electron chi connectivity index (χ4n) is 3.60. The van der Waals surface area contributed by atoms with Crippen molar-refractivity contribution in [3.05, 3.63) is 57.9 Å². The molecule has 15 heteroatoms. The molecule has 0 unspecified atom stereocenters. The third kappa shape index (κ3) is 4.77. The van der Waals surface area contributed by atoms with E-state index in [-0.39, 0.29) is 49.9 Å². The highest BCUT2D eigenvalue weighted by Crippen LogP contribution is 2.29. The van der Waals surface area contributed by atoms with Crippen LogP contribution >= 0.6 is 11.6 Å². The van der Waals surface area contributed by atoms with Gasteiger partial charge in [-0.25, -0.2) is 27.8 Å². The number of aryl methyl sites for hydroxylation is 1. The number of rotatable bonds is 7. The van der Waals surface area contributed by atoms with E-state index in [0.717, 1.165) is 6.07 Å². The standard InChI is InChI=1S/C22H19ClFN7O5S/c1-31-19-16(8-26-22(29-19)27-13-9-36-10-13)28-18(21(31)32)14-6-12(3-4-15(14)24)30-37(33,34)17-5-11(23)7-25-20(17)35-2/h3-8,13,30H,9-10H2,1-2H3,(H,26,27,29). The number of hydrogen-bond acceptors (Lipinski definition) is 10. The molecular formula is C22H19ClFN7O5S. The highest BCUT2D eigenvalue weighted by molar-refractivity contribution is 7.92. The number of methoxy groups -OCH3 is 1. The van der Waals surface area contributed by atoms with E-state index in [0.29, 0.717) is 19.2 Å². The molecule has 1 aliphatic rings. The van der Waals surface area contributed by atoms with Crippen molar-refractivity contribution in [3.63, 3.8) is 0 Å². The smallest absolute Gasteiger partial charge is 0.278 e. The van der Waals surface area contributed by atoms with Gasteiger partial charge in [-0.1, -0.05) is 11.6 Å². The van der Waals surface area contributed by atoms with Gasteiger partial charge in [-0.2, -0.15) is 4.98 Å². The Bertz CT molecular complexity index is 1700. The van der Waals surface area contributed by atoms with Crippen LogP contribution in [0.2, 0.25) is 5.02 Å². The maximum Gasteiger partial charge on any atom is 0.278 e. The van der Waals surface area contributed by atoms with Gasteiger partial charge >= 0.3 is 0 Å². The quantitative estimate of drug-likeness (QED) is 0.352. The van der Waals surface area contributed by atoms with Crippen molar-refractivity contribution in [2.45, 2.75) is 10.9 Å². The molecule has 1 fully saturated rings. The van der Waals surface area contributed by atoms with Gasteiger partial charge in [0.2, 0.25) is 11.8 Å². The maximum absolute atomic E-state index is 14.9. The lowest BCUT2D eigenvalue weighted by molar-refractivity contribution is 0.0208. The van der Waals surface area contributed by atoms with Crippen LogP contribution in [0.25, 0.3) is 22.4 Å². The molecule has 0 amide bonds. The van der Waals surface area contributed by atoms with E-state index in [1.165, 1.54) is 49.3 Å². The Kier molecular flexibility index (Phi) is 6.39. The maximum atomic E-state index is 14.9. The average Bonchev–Trinajstić information content (AvgIpc) is 2.85. The first-order chi connectivity index (χ1) is 17.7. The van der Waals surface area contributed by atoms with E-state index in [4.69, 9.17) is 21.1 Å². The van der Waals surface area contributed by atoms with Crippen molar-refractivity contribution in [2.75, 3.05) is 30.4 Å². The van der Waals surface area contributed by atoms with E-state index in [9.17, 15) is 17.6 Å². The lowest BCUT2D eigenvalue weighted by atomic mass is 10.1. The minimum Gasteiger partial charge on any atom is -0.480 e. The molecule has 0 spiro atoms. The third-order valence-corrected chi connectivity index (χ3v) is 7.10. The van der Waals surface area contributed by atoms with Crippen LogP contribution in [-0.4, -0.2) is 59.3 Å². The van der Waals surface area contributed by atoms with E-state index in [1.54, 1.807) is 0 Å². The molecular weight excluding hydrogens is 529 g/mol. The van der Waals surface area contributed by atoms with Crippen LogP contribution in [0.4, 0.5) is 16.0 Å². The van der Waals surface area contributed by atoms with E-state index >= 15 is 0 Å². The number of nitrogens with zero attached hydrogens (tertiary/aromatic N) is 5. The van der Waals surface area contributed by atoms with Gasteiger partial charge in [0.15, 0.2) is 10.5 Å². The van der Waals surface area contributed by atoms with Crippen LogP contribution in [0, 0.1) is 5.82 Å². The lowest BCUT2D eigenvalue weighted by Crippen LogP contribution is -2.40. The fraction of sp³-hybridized carbons (Fsp3) is 0.227. The number of hydrogen-bond donors (Lipinski definition) is 2. The second-order valence-electron chi connectivity index (χ2n) is 8.07. The average molecular weight is 548 g/mol. The van der Waals surface area contributed by atoms with Crippen LogP contribution in [0.1, 0.15) is 0 Å². The Hall–Kier alpha value is -3.88. The van der Waals surface area contributed by atoms with Crippen molar-refractivity contribution >= 4 is 44.4 Å². The zero-order valence-corrected chi connectivity index (χ0v) is 21.0. The van der Waals surface area contributed by atoms with Crippen molar-refractivity contribution in [3.8, 4) is 17.1 Å². The molecule has 0 saturated carbocycles. The molecule has 1 aromatic carbocycles. The summed E-state index contributed by atoms with van der Waals surface area (Å²) >= 11 is 5.91. The van der Waals surface area contributed by atoms with Crippen molar-refractivity contribution < 1.29 is 22.3 Å². The van der Waals surface area contributed by atoms with Crippen LogP contribution in [0.5, 0.6) is 5.88 Å². The van der Waals surface area contributed by atoms with E-state index in [1.807, 2.05) is 0 Å². The molecule has 37 heavy (non-hydrogen) atoms. The topological polar surface area (TPSA) is 150 Å². The van der Waals surface area contributed by atoms with Gasteiger partial charge in [0.05, 0.1) is 37.6 Å². The SMILES string of the molecule is COc1ncc(Cl)cc1S(=O)(=O)Nc1ccc(F)c(-c2nc3cnc(NC4COC4)nc3n(C)c2=O)c1. The molecule has 2 N–H and O–H groups in total. The molecule has 0 bridgehead atoms. The molecule has 3 aromatic heterocycles. The largest absolute Gasteiger partial charge is 0.480 e. The van der Waals surface area contributed by atoms with Crippen LogP contribution in [0.3, 0.4) is 0 Å². The molecule has 1 saturated heterocycles. The van der Waals surface area contributed by atoms with Crippen LogP contribution in [-0.2, 0) is 21.8 Å². The first kappa shape index (κ1) is 24.8. The Labute approximate surface area is 214 Å². The van der Waals surface area contributed by atoms with Gasteiger partial charge in [0.1, 0.15) is 17.0 Å². The lowest BCUT2D eigenvalue weighted by Gasteiger charge is -2.26. The van der Waals surface area contributed by atoms with Crippen molar-refractivity contribution in [1.29, 1.82) is 0 Å². The van der Waals surface area contributed by atoms with Gasteiger partial charge in [-0.3, -0.25) is 14.1 Å². The molecule has 5 rings (SSSR count). The van der Waals surface area contributed by atoms with Crippen LogP contribution in [0.15, 0.2) is 46.3 Å². The molecule has 0 aliphatic carbocycles. The summed E-state index contributed by atoms with van der Waals surface area (Å²) in [5.74, 6) is -0.653. The number of halogens is 2. The van der Waals surface area contributed by atoms with Gasteiger partial charge in [-0.15, -0.1) is 0 Å². The fourth-order valence-corrected chi connectivity index (χ4v) is 5.01. The predicted molar refractivity (Wildman–Crippen MR) is 133 cm³/mol. The summed E-state index contributed by atoms with van der Waals surface area (Å²) in [5, 5.41) is 3.17. The Morgan fingerprint density at radius 1 is 1.19 bits per heavy atom. The van der Waals surface area contributed by atoms with Crippen molar-refractivity contribution in [2.24, 2.45) is 7.05 Å². The summed E-state index contributed by atoms with van der Waals surface area (Å²) in [6.45, 7) is 1.05. The monoisotopic (exact) mass is 547 g/mol. The second-order valence-corrected chi connectivity index (χ2v) is 10.2. The third-order valence-electron chi connectivity index (χ3n) is 5.52. The number of pyridine rings is 1. The van der Waals surface area contributed by atoms with Crippen LogP contribution < -0.4 is 20.3 Å². The molecule has 4 aromatic rings. The highest BCUT2D eigenvalue weighted by Gasteiger charge is 2.24. The molecule has 0 radical (unpaired) electrons. The summed E-state index contributed by atoms with van der Waals surface area (Å²) in [6.07, 6.45) is 2.65. The van der Waals surface area contributed by atoms with Gasteiger partial charge in [0, 0.05) is 24.5 Å². The Morgan fingerprint density at radius 2 is 1.97 bits per heavy atom. The van der Waals surface area contributed by atoms with Crippen molar-refractivity contribution in [1.82, 2.24) is 24.5 Å². The first-order valence-electron chi connectivity index (χ1n) is 10.8. The number of fused-ring (bicyclic) bond motifs is 1. The summed E-state index contributed by atoms with van der Waals surface area (Å²) in [5.41, 5.74) is -0.637. The zero-order valence-electron chi connectivity index (χ0n) is 19.4. The number of nitrogens with one attached hydrogen (secondary N) is 2. The summed E-state index contributed by atoms with van der Waals surface area (Å²) in [6, 6.07) is 4.64. The number of sulfonamides is 1. The van der Waals surface area contributed by atoms with Gasteiger partial charge in [0.25, 0.3) is 15.6 Å². The first-order valence-corrected chi connectivity index (χ1v) is 12.6. The molecule has 4 heterocycles. The molecule has 192 valence electrons.